The topological polar surface area (TPSA) is 95.9 Å². The smallest absolute Gasteiger partial charge is 0.305 e. The molecule has 0 bridgehead atoms. The summed E-state index contributed by atoms with van der Waals surface area (Å²) in [6, 6.07) is -0.665. The van der Waals surface area contributed by atoms with Crippen molar-refractivity contribution in [2.45, 2.75) is 231 Å². The van der Waals surface area contributed by atoms with E-state index in [-0.39, 0.29) is 18.5 Å². The van der Waals surface area contributed by atoms with Crippen LogP contribution in [0.5, 0.6) is 0 Å². The molecule has 0 radical (unpaired) electrons. The molecule has 52 heavy (non-hydrogen) atoms. The number of aliphatic hydroxyl groups is 2. The van der Waals surface area contributed by atoms with Crippen molar-refractivity contribution >= 4 is 11.9 Å². The van der Waals surface area contributed by atoms with Crippen molar-refractivity contribution in [3.05, 3.63) is 36.5 Å². The van der Waals surface area contributed by atoms with Gasteiger partial charge in [-0.2, -0.15) is 0 Å². The third-order valence-corrected chi connectivity index (χ3v) is 9.88. The van der Waals surface area contributed by atoms with Crippen LogP contribution < -0.4 is 5.32 Å². The van der Waals surface area contributed by atoms with E-state index >= 15 is 0 Å². The van der Waals surface area contributed by atoms with E-state index in [4.69, 9.17) is 4.74 Å². The molecule has 0 saturated heterocycles. The lowest BCUT2D eigenvalue weighted by atomic mass is 10.0. The summed E-state index contributed by atoms with van der Waals surface area (Å²) in [5, 5.41) is 22.9. The maximum Gasteiger partial charge on any atom is 0.305 e. The Kier molecular flexibility index (Phi) is 40.3. The third kappa shape index (κ3) is 37.8. The van der Waals surface area contributed by atoms with Gasteiger partial charge in [-0.25, -0.2) is 0 Å². The molecule has 0 aromatic heterocycles. The Morgan fingerprint density at radius 3 is 1.44 bits per heavy atom. The molecule has 0 fully saturated rings. The Labute approximate surface area is 322 Å². The molecule has 3 N–H and O–H groups in total. The van der Waals surface area contributed by atoms with E-state index in [1.54, 1.807) is 6.08 Å². The van der Waals surface area contributed by atoms with Gasteiger partial charge in [-0.1, -0.05) is 166 Å². The highest BCUT2D eigenvalue weighted by Gasteiger charge is 2.17. The van der Waals surface area contributed by atoms with Crippen molar-refractivity contribution in [2.75, 3.05) is 13.2 Å². The molecule has 6 nitrogen and oxygen atoms in total. The monoisotopic (exact) mass is 732 g/mol. The SMILES string of the molecule is CCCCC/C=C\CCCCCCCC(=O)OCCCCCC/C=C\CCCC(=O)NC(CO)C(O)/C=C/CCCCCCCCCCCCCC. The molecule has 0 aromatic rings. The van der Waals surface area contributed by atoms with Gasteiger partial charge in [-0.05, 0) is 77.0 Å². The molecule has 0 aliphatic heterocycles. The van der Waals surface area contributed by atoms with Crippen LogP contribution in [0.25, 0.3) is 0 Å². The second-order valence-electron chi connectivity index (χ2n) is 15.0. The van der Waals surface area contributed by atoms with Crippen LogP contribution in [0.3, 0.4) is 0 Å². The van der Waals surface area contributed by atoms with E-state index in [0.29, 0.717) is 19.4 Å². The van der Waals surface area contributed by atoms with E-state index in [1.165, 1.54) is 122 Å². The van der Waals surface area contributed by atoms with Crippen LogP contribution >= 0.6 is 0 Å². The first-order valence-electron chi connectivity index (χ1n) is 22.3. The van der Waals surface area contributed by atoms with Crippen molar-refractivity contribution in [2.24, 2.45) is 0 Å². The summed E-state index contributed by atoms with van der Waals surface area (Å²) in [6.45, 7) is 4.76. The number of carbonyl (C=O) groups is 2. The molecule has 0 saturated carbocycles. The van der Waals surface area contributed by atoms with Gasteiger partial charge in [-0.15, -0.1) is 0 Å². The van der Waals surface area contributed by atoms with Gasteiger partial charge in [0.05, 0.1) is 25.4 Å². The van der Waals surface area contributed by atoms with Crippen LogP contribution in [0.15, 0.2) is 36.5 Å². The minimum atomic E-state index is -0.874. The Bertz CT molecular complexity index is 854. The number of unbranched alkanes of at least 4 members (excludes halogenated alkanes) is 25. The van der Waals surface area contributed by atoms with Crippen molar-refractivity contribution in [3.63, 3.8) is 0 Å². The molecule has 0 aliphatic rings. The van der Waals surface area contributed by atoms with Crippen LogP contribution in [0.4, 0.5) is 0 Å². The number of hydrogen-bond acceptors (Lipinski definition) is 5. The van der Waals surface area contributed by atoms with E-state index in [1.807, 2.05) is 6.08 Å². The first-order valence-corrected chi connectivity index (χ1v) is 22.3. The highest BCUT2D eigenvalue weighted by Crippen LogP contribution is 2.14. The van der Waals surface area contributed by atoms with E-state index in [2.05, 4.69) is 43.5 Å². The van der Waals surface area contributed by atoms with Crippen LogP contribution in [-0.2, 0) is 14.3 Å². The third-order valence-electron chi connectivity index (χ3n) is 9.88. The molecule has 0 aliphatic carbocycles. The Morgan fingerprint density at radius 1 is 0.519 bits per heavy atom. The lowest BCUT2D eigenvalue weighted by Crippen LogP contribution is -2.45. The zero-order valence-corrected chi connectivity index (χ0v) is 34.3. The van der Waals surface area contributed by atoms with Gasteiger partial charge >= 0.3 is 5.97 Å². The van der Waals surface area contributed by atoms with Crippen molar-refractivity contribution in [1.29, 1.82) is 0 Å². The second kappa shape index (κ2) is 41.8. The van der Waals surface area contributed by atoms with Gasteiger partial charge in [0, 0.05) is 12.8 Å². The maximum atomic E-state index is 12.4. The highest BCUT2D eigenvalue weighted by molar-refractivity contribution is 5.76. The standard InChI is InChI=1S/C46H85NO5/c1-3-5-7-9-11-13-15-17-18-19-22-26-30-34-38-44(49)43(42-48)47-45(50)39-35-31-27-23-21-25-29-33-37-41-52-46(51)40-36-32-28-24-20-16-14-12-10-8-6-4-2/h12,14,23,27,34,38,43-44,48-49H,3-11,13,15-22,24-26,28-33,35-37,39-42H2,1-2H3,(H,47,50)/b14-12-,27-23-,38-34+. The fourth-order valence-electron chi connectivity index (χ4n) is 6.39. The molecule has 0 aromatic carbocycles. The van der Waals surface area contributed by atoms with Gasteiger partial charge < -0.3 is 20.3 Å². The van der Waals surface area contributed by atoms with Gasteiger partial charge in [0.25, 0.3) is 0 Å². The molecule has 1 amide bonds. The number of hydrogen-bond donors (Lipinski definition) is 3. The summed E-state index contributed by atoms with van der Waals surface area (Å²) in [5.41, 5.74) is 0. The van der Waals surface area contributed by atoms with Crippen molar-refractivity contribution in [3.8, 4) is 0 Å². The molecule has 2 unspecified atom stereocenters. The maximum absolute atomic E-state index is 12.4. The van der Waals surface area contributed by atoms with Crippen LogP contribution in [0.2, 0.25) is 0 Å². The summed E-state index contributed by atoms with van der Waals surface area (Å²) >= 11 is 0. The molecule has 2 atom stereocenters. The number of carbonyl (C=O) groups excluding carboxylic acids is 2. The van der Waals surface area contributed by atoms with E-state index in [9.17, 15) is 19.8 Å². The average Bonchev–Trinajstić information content (AvgIpc) is 3.14. The first-order chi connectivity index (χ1) is 25.5. The quantitative estimate of drug-likeness (QED) is 0.0331. The number of rotatable bonds is 40. The lowest BCUT2D eigenvalue weighted by molar-refractivity contribution is -0.143. The summed E-state index contributed by atoms with van der Waals surface area (Å²) in [7, 11) is 0. The number of esters is 1. The molecular weight excluding hydrogens is 647 g/mol. The molecular formula is C46H85NO5. The van der Waals surface area contributed by atoms with Crippen LogP contribution in [-0.4, -0.2) is 47.4 Å². The zero-order chi connectivity index (χ0) is 38.0. The minimum Gasteiger partial charge on any atom is -0.466 e. The first kappa shape index (κ1) is 50.1. The van der Waals surface area contributed by atoms with Crippen molar-refractivity contribution < 1.29 is 24.5 Å². The number of aliphatic hydroxyl groups excluding tert-OH is 2. The van der Waals surface area contributed by atoms with E-state index in [0.717, 1.165) is 70.6 Å². The summed E-state index contributed by atoms with van der Waals surface area (Å²) in [6.07, 6.45) is 48.5. The molecule has 0 spiro atoms. The largest absolute Gasteiger partial charge is 0.466 e. The number of nitrogens with one attached hydrogen (secondary N) is 1. The normalized spacial score (nSPS) is 13.1. The minimum absolute atomic E-state index is 0.0493. The highest BCUT2D eigenvalue weighted by atomic mass is 16.5. The summed E-state index contributed by atoms with van der Waals surface area (Å²) in [4.78, 5) is 24.3. The second-order valence-corrected chi connectivity index (χ2v) is 15.0. The average molecular weight is 732 g/mol. The van der Waals surface area contributed by atoms with Gasteiger partial charge in [-0.3, -0.25) is 9.59 Å². The molecule has 304 valence electrons. The van der Waals surface area contributed by atoms with Crippen molar-refractivity contribution in [1.82, 2.24) is 5.32 Å². The van der Waals surface area contributed by atoms with Crippen LogP contribution in [0.1, 0.15) is 219 Å². The van der Waals surface area contributed by atoms with Gasteiger partial charge in [0.2, 0.25) is 5.91 Å². The predicted molar refractivity (Wildman–Crippen MR) is 222 cm³/mol. The molecule has 6 heteroatoms. The molecule has 0 heterocycles. The van der Waals surface area contributed by atoms with E-state index < -0.39 is 12.1 Å². The Morgan fingerprint density at radius 2 is 0.923 bits per heavy atom. The fourth-order valence-corrected chi connectivity index (χ4v) is 6.39. The number of ether oxygens (including phenoxy) is 1. The zero-order valence-electron chi connectivity index (χ0n) is 34.3. The molecule has 0 rings (SSSR count). The summed E-state index contributed by atoms with van der Waals surface area (Å²) in [5.74, 6) is -0.180. The van der Waals surface area contributed by atoms with Crippen LogP contribution in [0, 0.1) is 0 Å². The Hall–Kier alpha value is -1.92. The number of amides is 1. The van der Waals surface area contributed by atoms with Gasteiger partial charge in [0.15, 0.2) is 0 Å². The Balaban J connectivity index is 3.63. The predicted octanol–water partition coefficient (Wildman–Crippen LogP) is 12.6. The fraction of sp³-hybridized carbons (Fsp3) is 0.826. The summed E-state index contributed by atoms with van der Waals surface area (Å²) < 4.78 is 5.41. The van der Waals surface area contributed by atoms with Gasteiger partial charge in [0.1, 0.15) is 0 Å². The number of allylic oxidation sites excluding steroid dienone is 5. The lowest BCUT2D eigenvalue weighted by Gasteiger charge is -2.19.